The molecule has 108 valence electrons. The van der Waals surface area contributed by atoms with Crippen molar-refractivity contribution in [3.63, 3.8) is 0 Å². The standard InChI is InChI=1S/C13H23N3O2S/c1-6-15-13(3,11(17)18-5)9-10(2)19-12-14-7-8-16(12)4/h7-8,10,15H,6,9H2,1-5H3. The van der Waals surface area contributed by atoms with E-state index >= 15 is 0 Å². The maximum atomic E-state index is 11.9. The highest BCUT2D eigenvalue weighted by Gasteiger charge is 2.35. The fourth-order valence-corrected chi connectivity index (χ4v) is 3.23. The average Bonchev–Trinajstić information content (AvgIpc) is 2.74. The number of ether oxygens (including phenoxy) is 1. The van der Waals surface area contributed by atoms with Crippen LogP contribution in [-0.4, -0.2) is 40.0 Å². The minimum absolute atomic E-state index is 0.221. The molecule has 5 nitrogen and oxygen atoms in total. The van der Waals surface area contributed by atoms with Crippen molar-refractivity contribution in [2.24, 2.45) is 7.05 Å². The number of nitrogens with one attached hydrogen (secondary N) is 1. The Morgan fingerprint density at radius 2 is 2.37 bits per heavy atom. The smallest absolute Gasteiger partial charge is 0.325 e. The van der Waals surface area contributed by atoms with Crippen LogP contribution in [0.15, 0.2) is 17.6 Å². The number of aryl methyl sites for hydroxylation is 1. The Balaban J connectivity index is 2.69. The maximum Gasteiger partial charge on any atom is 0.325 e. The molecule has 2 unspecified atom stereocenters. The molecule has 0 saturated carbocycles. The van der Waals surface area contributed by atoms with Gasteiger partial charge in [0.05, 0.1) is 7.11 Å². The van der Waals surface area contributed by atoms with Crippen molar-refractivity contribution in [3.8, 4) is 0 Å². The van der Waals surface area contributed by atoms with Crippen LogP contribution in [-0.2, 0) is 16.6 Å². The van der Waals surface area contributed by atoms with Crippen molar-refractivity contribution >= 4 is 17.7 Å². The third kappa shape index (κ3) is 4.24. The first-order valence-corrected chi connectivity index (χ1v) is 7.28. The van der Waals surface area contributed by atoms with E-state index in [1.165, 1.54) is 7.11 Å². The van der Waals surface area contributed by atoms with Gasteiger partial charge in [-0.25, -0.2) is 4.98 Å². The van der Waals surface area contributed by atoms with Gasteiger partial charge in [-0.3, -0.25) is 4.79 Å². The molecule has 1 heterocycles. The SMILES string of the molecule is CCNC(C)(CC(C)Sc1nccn1C)C(=O)OC. The summed E-state index contributed by atoms with van der Waals surface area (Å²) in [6.45, 7) is 6.69. The Morgan fingerprint density at radius 1 is 1.68 bits per heavy atom. The monoisotopic (exact) mass is 285 g/mol. The first kappa shape index (κ1) is 16.0. The van der Waals surface area contributed by atoms with Gasteiger partial charge in [0.1, 0.15) is 5.54 Å². The maximum absolute atomic E-state index is 11.9. The van der Waals surface area contributed by atoms with Crippen molar-refractivity contribution in [3.05, 3.63) is 12.4 Å². The van der Waals surface area contributed by atoms with Gasteiger partial charge < -0.3 is 14.6 Å². The van der Waals surface area contributed by atoms with Crippen LogP contribution in [0.3, 0.4) is 0 Å². The van der Waals surface area contributed by atoms with Crippen molar-refractivity contribution < 1.29 is 9.53 Å². The molecular weight excluding hydrogens is 262 g/mol. The van der Waals surface area contributed by atoms with Crippen LogP contribution in [0.1, 0.15) is 27.2 Å². The molecular formula is C13H23N3O2S. The van der Waals surface area contributed by atoms with Crippen LogP contribution in [0.2, 0.25) is 0 Å². The highest BCUT2D eigenvalue weighted by atomic mass is 32.2. The van der Waals surface area contributed by atoms with E-state index in [-0.39, 0.29) is 11.2 Å². The number of carbonyl (C=O) groups excluding carboxylic acids is 1. The van der Waals surface area contributed by atoms with Crippen LogP contribution in [0.5, 0.6) is 0 Å². The summed E-state index contributed by atoms with van der Waals surface area (Å²) in [5, 5.41) is 4.43. The van der Waals surface area contributed by atoms with Gasteiger partial charge in [0.15, 0.2) is 5.16 Å². The largest absolute Gasteiger partial charge is 0.468 e. The molecule has 2 atom stereocenters. The molecule has 1 aromatic heterocycles. The molecule has 0 bridgehead atoms. The van der Waals surface area contributed by atoms with E-state index in [2.05, 4.69) is 17.2 Å². The van der Waals surface area contributed by atoms with E-state index in [1.54, 1.807) is 18.0 Å². The Labute approximate surface area is 119 Å². The molecule has 0 aromatic carbocycles. The third-order valence-electron chi connectivity index (χ3n) is 2.98. The predicted molar refractivity (Wildman–Crippen MR) is 77.2 cm³/mol. The summed E-state index contributed by atoms with van der Waals surface area (Å²) in [4.78, 5) is 16.2. The summed E-state index contributed by atoms with van der Waals surface area (Å²) in [7, 11) is 3.39. The quantitative estimate of drug-likeness (QED) is 0.612. The van der Waals surface area contributed by atoms with E-state index in [4.69, 9.17) is 4.74 Å². The van der Waals surface area contributed by atoms with E-state index in [1.807, 2.05) is 31.7 Å². The Bertz CT molecular complexity index is 422. The summed E-state index contributed by atoms with van der Waals surface area (Å²) < 4.78 is 6.87. The van der Waals surface area contributed by atoms with E-state index in [0.29, 0.717) is 6.42 Å². The fourth-order valence-electron chi connectivity index (χ4n) is 2.11. The molecule has 0 radical (unpaired) electrons. The van der Waals surface area contributed by atoms with E-state index in [0.717, 1.165) is 11.7 Å². The molecule has 19 heavy (non-hydrogen) atoms. The van der Waals surface area contributed by atoms with Crippen molar-refractivity contribution in [2.75, 3.05) is 13.7 Å². The zero-order valence-corrected chi connectivity index (χ0v) is 13.1. The second-order valence-corrected chi connectivity index (χ2v) is 6.21. The van der Waals surface area contributed by atoms with Gasteiger partial charge in [-0.1, -0.05) is 25.6 Å². The molecule has 1 rings (SSSR count). The van der Waals surface area contributed by atoms with Crippen LogP contribution in [0.4, 0.5) is 0 Å². The van der Waals surface area contributed by atoms with Crippen molar-refractivity contribution in [1.82, 2.24) is 14.9 Å². The fraction of sp³-hybridized carbons (Fsp3) is 0.692. The Kier molecular flexibility index (Phi) is 5.87. The molecule has 0 aliphatic heterocycles. The highest BCUT2D eigenvalue weighted by Crippen LogP contribution is 2.27. The molecule has 0 saturated heterocycles. The van der Waals surface area contributed by atoms with Crippen LogP contribution < -0.4 is 5.32 Å². The number of likely N-dealkylation sites (N-methyl/N-ethyl adjacent to an activating group) is 1. The van der Waals surface area contributed by atoms with Gasteiger partial charge >= 0.3 is 5.97 Å². The lowest BCUT2D eigenvalue weighted by Gasteiger charge is -2.29. The van der Waals surface area contributed by atoms with Crippen molar-refractivity contribution in [2.45, 2.75) is 43.1 Å². The van der Waals surface area contributed by atoms with E-state index in [9.17, 15) is 4.79 Å². The number of hydrogen-bond donors (Lipinski definition) is 1. The second kappa shape index (κ2) is 6.96. The third-order valence-corrected chi connectivity index (χ3v) is 4.16. The number of methoxy groups -OCH3 is 1. The lowest BCUT2D eigenvalue weighted by atomic mass is 9.96. The van der Waals surface area contributed by atoms with E-state index < -0.39 is 5.54 Å². The highest BCUT2D eigenvalue weighted by molar-refractivity contribution is 7.99. The predicted octanol–water partition coefficient (Wildman–Crippen LogP) is 1.83. The average molecular weight is 285 g/mol. The van der Waals surface area contributed by atoms with Crippen molar-refractivity contribution in [1.29, 1.82) is 0 Å². The summed E-state index contributed by atoms with van der Waals surface area (Å²) in [5.41, 5.74) is -0.652. The molecule has 0 aliphatic rings. The summed E-state index contributed by atoms with van der Waals surface area (Å²) >= 11 is 1.66. The zero-order chi connectivity index (χ0) is 14.5. The lowest BCUT2D eigenvalue weighted by molar-refractivity contribution is -0.148. The number of carbonyl (C=O) groups is 1. The van der Waals surface area contributed by atoms with Crippen LogP contribution in [0, 0.1) is 0 Å². The van der Waals surface area contributed by atoms with Gasteiger partial charge in [-0.2, -0.15) is 0 Å². The first-order chi connectivity index (χ1) is 8.92. The Hall–Kier alpha value is -1.01. The molecule has 0 amide bonds. The van der Waals surface area contributed by atoms with Gasteiger partial charge in [-0.15, -0.1) is 0 Å². The van der Waals surface area contributed by atoms with Gasteiger partial charge in [-0.05, 0) is 19.9 Å². The summed E-state index contributed by atoms with van der Waals surface area (Å²) in [6, 6.07) is 0. The number of imidazole rings is 1. The van der Waals surface area contributed by atoms with Gasteiger partial charge in [0, 0.05) is 24.7 Å². The summed E-state index contributed by atoms with van der Waals surface area (Å²) in [5.74, 6) is -0.221. The molecule has 0 spiro atoms. The number of thioether (sulfide) groups is 1. The zero-order valence-electron chi connectivity index (χ0n) is 12.3. The Morgan fingerprint density at radius 3 is 2.84 bits per heavy atom. The van der Waals surface area contributed by atoms with Gasteiger partial charge in [0.25, 0.3) is 0 Å². The molecule has 1 N–H and O–H groups in total. The topological polar surface area (TPSA) is 56.2 Å². The molecule has 0 fully saturated rings. The number of nitrogens with zero attached hydrogens (tertiary/aromatic N) is 2. The van der Waals surface area contributed by atoms with Crippen LogP contribution >= 0.6 is 11.8 Å². The minimum atomic E-state index is -0.652. The first-order valence-electron chi connectivity index (χ1n) is 6.40. The van der Waals surface area contributed by atoms with Crippen LogP contribution in [0.25, 0.3) is 0 Å². The number of esters is 1. The number of aromatic nitrogens is 2. The normalized spacial score (nSPS) is 15.8. The summed E-state index contributed by atoms with van der Waals surface area (Å²) in [6.07, 6.45) is 4.38. The molecule has 0 aliphatic carbocycles. The molecule has 1 aromatic rings. The molecule has 6 heteroatoms. The second-order valence-electron chi connectivity index (χ2n) is 4.81. The lowest BCUT2D eigenvalue weighted by Crippen LogP contribution is -2.51. The number of hydrogen-bond acceptors (Lipinski definition) is 5. The minimum Gasteiger partial charge on any atom is -0.468 e. The number of rotatable bonds is 7. The van der Waals surface area contributed by atoms with Gasteiger partial charge in [0.2, 0.25) is 0 Å².